The SMILES string of the molecule is CC(C)(C)OC(=O)N(CC=C1CC1)CNc1ccc(CN2CCCCC2)cc1. The lowest BCUT2D eigenvalue weighted by Crippen LogP contribution is -2.39. The third kappa shape index (κ3) is 7.19. The zero-order valence-electron chi connectivity index (χ0n) is 17.7. The molecule has 0 spiro atoms. The fourth-order valence-corrected chi connectivity index (χ4v) is 3.34. The van der Waals surface area contributed by atoms with Crippen LogP contribution >= 0.6 is 0 Å². The molecule has 1 N–H and O–H groups in total. The number of nitrogens with zero attached hydrogens (tertiary/aromatic N) is 2. The van der Waals surface area contributed by atoms with Crippen LogP contribution in [0.1, 0.15) is 58.4 Å². The first-order valence-corrected chi connectivity index (χ1v) is 10.6. The number of hydrogen-bond donors (Lipinski definition) is 1. The molecule has 1 heterocycles. The predicted molar refractivity (Wildman–Crippen MR) is 114 cm³/mol. The number of allylic oxidation sites excluding steroid dienone is 1. The molecule has 154 valence electrons. The summed E-state index contributed by atoms with van der Waals surface area (Å²) in [4.78, 5) is 16.8. The van der Waals surface area contributed by atoms with Gasteiger partial charge in [0, 0.05) is 18.8 Å². The first kappa shape index (κ1) is 20.7. The van der Waals surface area contributed by atoms with Crippen LogP contribution < -0.4 is 5.32 Å². The van der Waals surface area contributed by atoms with Gasteiger partial charge in [-0.05, 0) is 77.2 Å². The van der Waals surface area contributed by atoms with Crippen LogP contribution in [0.15, 0.2) is 35.9 Å². The van der Waals surface area contributed by atoms with Gasteiger partial charge < -0.3 is 10.1 Å². The summed E-state index contributed by atoms with van der Waals surface area (Å²) in [5.41, 5.74) is 3.30. The Balaban J connectivity index is 1.52. The van der Waals surface area contributed by atoms with E-state index in [9.17, 15) is 4.79 Å². The van der Waals surface area contributed by atoms with Crippen LogP contribution in [0.25, 0.3) is 0 Å². The van der Waals surface area contributed by atoms with Crippen LogP contribution in [0.5, 0.6) is 0 Å². The van der Waals surface area contributed by atoms with Crippen molar-refractivity contribution in [1.82, 2.24) is 9.80 Å². The van der Waals surface area contributed by atoms with Gasteiger partial charge in [0.15, 0.2) is 0 Å². The molecule has 0 atom stereocenters. The average molecular weight is 386 g/mol. The smallest absolute Gasteiger partial charge is 0.411 e. The van der Waals surface area contributed by atoms with E-state index in [1.165, 1.54) is 43.5 Å². The molecule has 1 aromatic rings. The number of anilines is 1. The fraction of sp³-hybridized carbons (Fsp3) is 0.609. The number of amides is 1. The molecule has 1 aliphatic heterocycles. The highest BCUT2D eigenvalue weighted by Crippen LogP contribution is 2.27. The number of hydrogen-bond acceptors (Lipinski definition) is 4. The zero-order valence-corrected chi connectivity index (χ0v) is 17.7. The highest BCUT2D eigenvalue weighted by Gasteiger charge is 2.22. The molecule has 3 rings (SSSR count). The quantitative estimate of drug-likeness (QED) is 0.530. The summed E-state index contributed by atoms with van der Waals surface area (Å²) in [5, 5.41) is 3.37. The Kier molecular flexibility index (Phi) is 7.00. The Labute approximate surface area is 169 Å². The van der Waals surface area contributed by atoms with Crippen LogP contribution in [0.3, 0.4) is 0 Å². The van der Waals surface area contributed by atoms with E-state index in [0.29, 0.717) is 13.2 Å². The lowest BCUT2D eigenvalue weighted by atomic mass is 10.1. The first-order valence-electron chi connectivity index (χ1n) is 10.6. The number of carbonyl (C=O) groups excluding carboxylic acids is 1. The second kappa shape index (κ2) is 9.46. The maximum Gasteiger partial charge on any atom is 0.411 e. The van der Waals surface area contributed by atoms with Crippen molar-refractivity contribution in [3.8, 4) is 0 Å². The number of nitrogens with one attached hydrogen (secondary N) is 1. The minimum atomic E-state index is -0.488. The van der Waals surface area contributed by atoms with E-state index in [-0.39, 0.29) is 6.09 Å². The van der Waals surface area contributed by atoms with E-state index >= 15 is 0 Å². The summed E-state index contributed by atoms with van der Waals surface area (Å²) in [6.07, 6.45) is 8.19. The molecule has 2 fully saturated rings. The molecule has 5 nitrogen and oxygen atoms in total. The molecule has 2 aliphatic rings. The maximum atomic E-state index is 12.5. The molecule has 1 aromatic carbocycles. The van der Waals surface area contributed by atoms with E-state index in [4.69, 9.17) is 4.74 Å². The van der Waals surface area contributed by atoms with Crippen LogP contribution in [-0.2, 0) is 11.3 Å². The molecule has 0 aromatic heterocycles. The van der Waals surface area contributed by atoms with E-state index < -0.39 is 5.60 Å². The van der Waals surface area contributed by atoms with Gasteiger partial charge in [0.2, 0.25) is 0 Å². The number of ether oxygens (including phenoxy) is 1. The highest BCUT2D eigenvalue weighted by molar-refractivity contribution is 5.68. The molecule has 1 aliphatic carbocycles. The third-order valence-electron chi connectivity index (χ3n) is 5.07. The van der Waals surface area contributed by atoms with Gasteiger partial charge in [0.25, 0.3) is 0 Å². The minimum absolute atomic E-state index is 0.279. The Hall–Kier alpha value is -2.01. The minimum Gasteiger partial charge on any atom is -0.444 e. The van der Waals surface area contributed by atoms with E-state index in [1.54, 1.807) is 4.90 Å². The van der Waals surface area contributed by atoms with E-state index in [0.717, 1.165) is 25.1 Å². The number of rotatable bonds is 7. The molecule has 28 heavy (non-hydrogen) atoms. The van der Waals surface area contributed by atoms with Crippen LogP contribution in [-0.4, -0.2) is 47.8 Å². The lowest BCUT2D eigenvalue weighted by Gasteiger charge is -2.27. The van der Waals surface area contributed by atoms with Gasteiger partial charge in [-0.25, -0.2) is 4.79 Å². The summed E-state index contributed by atoms with van der Waals surface area (Å²) in [5.74, 6) is 0. The second-order valence-corrected chi connectivity index (χ2v) is 8.93. The topological polar surface area (TPSA) is 44.8 Å². The van der Waals surface area contributed by atoms with Crippen molar-refractivity contribution < 1.29 is 9.53 Å². The Bertz CT molecular complexity index is 664. The van der Waals surface area contributed by atoms with Crippen molar-refractivity contribution in [2.45, 2.75) is 65.0 Å². The summed E-state index contributed by atoms with van der Waals surface area (Å²) >= 11 is 0. The van der Waals surface area contributed by atoms with Crippen molar-refractivity contribution >= 4 is 11.8 Å². The number of piperidine rings is 1. The van der Waals surface area contributed by atoms with Gasteiger partial charge in [-0.2, -0.15) is 0 Å². The summed E-state index contributed by atoms with van der Waals surface area (Å²) in [6, 6.07) is 8.57. The number of carbonyl (C=O) groups is 1. The normalized spacial score (nSPS) is 17.2. The van der Waals surface area contributed by atoms with Crippen molar-refractivity contribution in [3.05, 3.63) is 41.5 Å². The van der Waals surface area contributed by atoms with Gasteiger partial charge in [0.05, 0.1) is 6.67 Å². The summed E-state index contributed by atoms with van der Waals surface area (Å²) in [7, 11) is 0. The van der Waals surface area contributed by atoms with Crippen LogP contribution in [0.4, 0.5) is 10.5 Å². The molecule has 0 unspecified atom stereocenters. The largest absolute Gasteiger partial charge is 0.444 e. The standard InChI is InChI=1S/C23H35N3O2/c1-23(2,3)28-22(27)26(16-13-19-7-8-19)18-24-21-11-9-20(10-12-21)17-25-14-5-4-6-15-25/h9-13,24H,4-8,14-18H2,1-3H3. The van der Waals surface area contributed by atoms with Gasteiger partial charge in [-0.1, -0.05) is 30.2 Å². The molecule has 5 heteroatoms. The second-order valence-electron chi connectivity index (χ2n) is 8.93. The van der Waals surface area contributed by atoms with Gasteiger partial charge in [-0.3, -0.25) is 9.80 Å². The van der Waals surface area contributed by atoms with E-state index in [2.05, 4.69) is 40.6 Å². The van der Waals surface area contributed by atoms with Crippen molar-refractivity contribution in [2.24, 2.45) is 0 Å². The lowest BCUT2D eigenvalue weighted by molar-refractivity contribution is 0.0285. The summed E-state index contributed by atoms with van der Waals surface area (Å²) < 4.78 is 5.56. The Morgan fingerprint density at radius 2 is 1.82 bits per heavy atom. The molecule has 1 saturated carbocycles. The van der Waals surface area contributed by atoms with Gasteiger partial charge in [0.1, 0.15) is 5.60 Å². The average Bonchev–Trinajstić information content (AvgIpc) is 3.47. The first-order chi connectivity index (χ1) is 13.4. The van der Waals surface area contributed by atoms with Crippen LogP contribution in [0.2, 0.25) is 0 Å². The number of benzene rings is 1. The van der Waals surface area contributed by atoms with Gasteiger partial charge >= 0.3 is 6.09 Å². The molecular formula is C23H35N3O2. The van der Waals surface area contributed by atoms with E-state index in [1.807, 2.05) is 20.8 Å². The Morgan fingerprint density at radius 3 is 2.43 bits per heavy atom. The van der Waals surface area contributed by atoms with Gasteiger partial charge in [-0.15, -0.1) is 0 Å². The molecule has 0 radical (unpaired) electrons. The summed E-state index contributed by atoms with van der Waals surface area (Å²) in [6.45, 7) is 10.2. The molecule has 1 saturated heterocycles. The molecule has 0 bridgehead atoms. The van der Waals surface area contributed by atoms with Crippen molar-refractivity contribution in [1.29, 1.82) is 0 Å². The number of likely N-dealkylation sites (tertiary alicyclic amines) is 1. The predicted octanol–water partition coefficient (Wildman–Crippen LogP) is 5.00. The van der Waals surface area contributed by atoms with Crippen molar-refractivity contribution in [2.75, 3.05) is 31.6 Å². The fourth-order valence-electron chi connectivity index (χ4n) is 3.34. The highest BCUT2D eigenvalue weighted by atomic mass is 16.6. The molecular weight excluding hydrogens is 350 g/mol. The maximum absolute atomic E-state index is 12.5. The Morgan fingerprint density at radius 1 is 1.14 bits per heavy atom. The third-order valence-corrected chi connectivity index (χ3v) is 5.07. The zero-order chi connectivity index (χ0) is 20.0. The van der Waals surface area contributed by atoms with Crippen LogP contribution in [0, 0.1) is 0 Å². The molecule has 1 amide bonds. The van der Waals surface area contributed by atoms with Crippen molar-refractivity contribution in [3.63, 3.8) is 0 Å². The monoisotopic (exact) mass is 385 g/mol.